The summed E-state index contributed by atoms with van der Waals surface area (Å²) >= 11 is 0. The summed E-state index contributed by atoms with van der Waals surface area (Å²) in [6, 6.07) is 8.76. The number of methoxy groups -OCH3 is 1. The Bertz CT molecular complexity index is 581. The average Bonchev–Trinajstić information content (AvgIpc) is 3.20. The van der Waals surface area contributed by atoms with Gasteiger partial charge in [0.2, 0.25) is 0 Å². The van der Waals surface area contributed by atoms with Gasteiger partial charge in [-0.1, -0.05) is 18.2 Å². The van der Waals surface area contributed by atoms with Gasteiger partial charge in [-0.15, -0.1) is 6.58 Å². The molecule has 5 nitrogen and oxygen atoms in total. The van der Waals surface area contributed by atoms with E-state index in [0.29, 0.717) is 6.04 Å². The fourth-order valence-electron chi connectivity index (χ4n) is 3.51. The number of likely N-dealkylation sites (tertiary alicyclic amines) is 1. The van der Waals surface area contributed by atoms with Crippen molar-refractivity contribution in [1.82, 2.24) is 15.1 Å². The third kappa shape index (κ3) is 5.77. The highest BCUT2D eigenvalue weighted by molar-refractivity contribution is 5.79. The van der Waals surface area contributed by atoms with Crippen LogP contribution in [-0.2, 0) is 0 Å². The third-order valence-corrected chi connectivity index (χ3v) is 4.99. The SMILES string of the molecule is C=CCCCN(C)C(=NC)NCC(c1cccc(OC)c1)N1CCCC1. The lowest BCUT2D eigenvalue weighted by molar-refractivity contribution is 0.243. The average molecular weight is 359 g/mol. The number of ether oxygens (including phenoxy) is 1. The van der Waals surface area contributed by atoms with Gasteiger partial charge in [-0.2, -0.15) is 0 Å². The number of hydrogen-bond donors (Lipinski definition) is 1. The van der Waals surface area contributed by atoms with Gasteiger partial charge in [0.05, 0.1) is 13.2 Å². The van der Waals surface area contributed by atoms with Crippen LogP contribution in [0.1, 0.15) is 37.3 Å². The Hall–Kier alpha value is -2.01. The van der Waals surface area contributed by atoms with E-state index in [1.807, 2.05) is 19.2 Å². The van der Waals surface area contributed by atoms with Crippen molar-refractivity contribution in [2.45, 2.75) is 31.7 Å². The van der Waals surface area contributed by atoms with Crippen LogP contribution in [0.5, 0.6) is 5.75 Å². The second kappa shape index (κ2) is 10.9. The Labute approximate surface area is 158 Å². The van der Waals surface area contributed by atoms with Crippen LogP contribution in [0.4, 0.5) is 0 Å². The number of nitrogens with one attached hydrogen (secondary N) is 1. The Morgan fingerprint density at radius 3 is 2.85 bits per heavy atom. The molecule has 0 aromatic heterocycles. The van der Waals surface area contributed by atoms with Crippen molar-refractivity contribution in [3.63, 3.8) is 0 Å². The molecule has 1 heterocycles. The van der Waals surface area contributed by atoms with Gasteiger partial charge in [0, 0.05) is 27.2 Å². The molecule has 1 aromatic rings. The zero-order chi connectivity index (χ0) is 18.8. The maximum atomic E-state index is 5.43. The molecule has 1 aliphatic rings. The Kier molecular flexibility index (Phi) is 8.48. The topological polar surface area (TPSA) is 40.1 Å². The number of nitrogens with zero attached hydrogens (tertiary/aromatic N) is 3. The zero-order valence-corrected chi connectivity index (χ0v) is 16.6. The maximum absolute atomic E-state index is 5.43. The largest absolute Gasteiger partial charge is 0.497 e. The summed E-state index contributed by atoms with van der Waals surface area (Å²) in [5, 5.41) is 3.58. The second-order valence-electron chi connectivity index (χ2n) is 6.82. The molecule has 0 spiro atoms. The first kappa shape index (κ1) is 20.3. The molecule has 0 amide bonds. The predicted molar refractivity (Wildman–Crippen MR) is 110 cm³/mol. The first-order valence-corrected chi connectivity index (χ1v) is 9.60. The highest BCUT2D eigenvalue weighted by Crippen LogP contribution is 2.27. The van der Waals surface area contributed by atoms with Crippen molar-refractivity contribution in [2.24, 2.45) is 4.99 Å². The highest BCUT2D eigenvalue weighted by atomic mass is 16.5. The fourth-order valence-corrected chi connectivity index (χ4v) is 3.51. The van der Waals surface area contributed by atoms with Crippen LogP contribution in [0, 0.1) is 0 Å². The number of aliphatic imine (C=N–C) groups is 1. The molecule has 1 aliphatic heterocycles. The highest BCUT2D eigenvalue weighted by Gasteiger charge is 2.24. The molecule has 1 aromatic carbocycles. The zero-order valence-electron chi connectivity index (χ0n) is 16.6. The molecule has 1 saturated heterocycles. The summed E-state index contributed by atoms with van der Waals surface area (Å²) in [4.78, 5) is 9.21. The lowest BCUT2D eigenvalue weighted by Crippen LogP contribution is -2.43. The van der Waals surface area contributed by atoms with E-state index in [4.69, 9.17) is 4.74 Å². The van der Waals surface area contributed by atoms with E-state index in [0.717, 1.165) is 50.7 Å². The summed E-state index contributed by atoms with van der Waals surface area (Å²) in [6.45, 7) is 7.90. The van der Waals surface area contributed by atoms with E-state index in [1.165, 1.54) is 18.4 Å². The number of benzene rings is 1. The van der Waals surface area contributed by atoms with E-state index in [9.17, 15) is 0 Å². The summed E-state index contributed by atoms with van der Waals surface area (Å²) in [6.07, 6.45) is 6.64. The molecule has 2 rings (SSSR count). The summed E-state index contributed by atoms with van der Waals surface area (Å²) < 4.78 is 5.43. The van der Waals surface area contributed by atoms with Crippen molar-refractivity contribution in [3.05, 3.63) is 42.5 Å². The number of guanidine groups is 1. The van der Waals surface area contributed by atoms with Crippen LogP contribution in [0.2, 0.25) is 0 Å². The van der Waals surface area contributed by atoms with Crippen molar-refractivity contribution in [1.29, 1.82) is 0 Å². The van der Waals surface area contributed by atoms with E-state index in [2.05, 4.69) is 51.9 Å². The smallest absolute Gasteiger partial charge is 0.193 e. The first-order valence-electron chi connectivity index (χ1n) is 9.60. The second-order valence-corrected chi connectivity index (χ2v) is 6.82. The van der Waals surface area contributed by atoms with Crippen molar-refractivity contribution in [3.8, 4) is 5.75 Å². The molecule has 1 atom stereocenters. The Morgan fingerprint density at radius 1 is 1.42 bits per heavy atom. The molecule has 144 valence electrons. The molecule has 1 unspecified atom stereocenters. The van der Waals surface area contributed by atoms with Crippen molar-refractivity contribution in [2.75, 3.05) is 47.4 Å². The van der Waals surface area contributed by atoms with Crippen LogP contribution >= 0.6 is 0 Å². The van der Waals surface area contributed by atoms with Crippen molar-refractivity contribution >= 4 is 5.96 Å². The molecule has 0 radical (unpaired) electrons. The van der Waals surface area contributed by atoms with Crippen molar-refractivity contribution < 1.29 is 4.74 Å². The first-order chi connectivity index (χ1) is 12.7. The van der Waals surface area contributed by atoms with E-state index in [-0.39, 0.29) is 0 Å². The minimum absolute atomic E-state index is 0.325. The fraction of sp³-hybridized carbons (Fsp3) is 0.571. The number of hydrogen-bond acceptors (Lipinski definition) is 3. The lowest BCUT2D eigenvalue weighted by Gasteiger charge is -2.30. The van der Waals surface area contributed by atoms with Gasteiger partial charge >= 0.3 is 0 Å². The predicted octanol–water partition coefficient (Wildman–Crippen LogP) is 3.31. The monoisotopic (exact) mass is 358 g/mol. The number of rotatable bonds is 9. The van der Waals surface area contributed by atoms with E-state index in [1.54, 1.807) is 7.11 Å². The van der Waals surface area contributed by atoms with Crippen LogP contribution < -0.4 is 10.1 Å². The molecular weight excluding hydrogens is 324 g/mol. The minimum Gasteiger partial charge on any atom is -0.497 e. The normalized spacial score (nSPS) is 16.3. The lowest BCUT2D eigenvalue weighted by atomic mass is 10.1. The maximum Gasteiger partial charge on any atom is 0.193 e. The molecule has 1 N–H and O–H groups in total. The van der Waals surface area contributed by atoms with Crippen LogP contribution in [0.25, 0.3) is 0 Å². The molecule has 26 heavy (non-hydrogen) atoms. The number of unbranched alkanes of at least 4 members (excludes halogenated alkanes) is 1. The quantitative estimate of drug-likeness (QED) is 0.318. The van der Waals surface area contributed by atoms with Crippen LogP contribution in [-0.4, -0.2) is 63.1 Å². The molecule has 0 bridgehead atoms. The van der Waals surface area contributed by atoms with Gasteiger partial charge in [-0.3, -0.25) is 9.89 Å². The van der Waals surface area contributed by atoms with Crippen LogP contribution in [0.15, 0.2) is 41.9 Å². The van der Waals surface area contributed by atoms with Gasteiger partial charge in [0.1, 0.15) is 5.75 Å². The molecule has 0 saturated carbocycles. The van der Waals surface area contributed by atoms with Gasteiger partial charge < -0.3 is 15.0 Å². The molecule has 0 aliphatic carbocycles. The summed E-state index contributed by atoms with van der Waals surface area (Å²) in [5.74, 6) is 1.86. The molecule has 1 fully saturated rings. The van der Waals surface area contributed by atoms with Gasteiger partial charge in [-0.05, 0) is 56.5 Å². The standard InChI is InChI=1S/C21H34N4O/c1-5-6-7-13-24(3)21(22-2)23-17-20(25-14-8-9-15-25)18-11-10-12-19(16-18)26-4/h5,10-12,16,20H,1,6-9,13-15,17H2,2-4H3,(H,22,23). The van der Waals surface area contributed by atoms with E-state index >= 15 is 0 Å². The van der Waals surface area contributed by atoms with Gasteiger partial charge in [-0.25, -0.2) is 0 Å². The molecule has 5 heteroatoms. The number of allylic oxidation sites excluding steroid dienone is 1. The summed E-state index contributed by atoms with van der Waals surface area (Å²) in [5.41, 5.74) is 1.29. The summed E-state index contributed by atoms with van der Waals surface area (Å²) in [7, 11) is 5.67. The minimum atomic E-state index is 0.325. The Morgan fingerprint density at radius 2 is 2.19 bits per heavy atom. The van der Waals surface area contributed by atoms with Crippen LogP contribution in [0.3, 0.4) is 0 Å². The van der Waals surface area contributed by atoms with Gasteiger partial charge in [0.25, 0.3) is 0 Å². The molecular formula is C21H34N4O. The van der Waals surface area contributed by atoms with E-state index < -0.39 is 0 Å². The van der Waals surface area contributed by atoms with Gasteiger partial charge in [0.15, 0.2) is 5.96 Å². The third-order valence-electron chi connectivity index (χ3n) is 4.99. The Balaban J connectivity index is 2.05.